The third-order valence-corrected chi connectivity index (χ3v) is 5.11. The van der Waals surface area contributed by atoms with Gasteiger partial charge in [0.25, 0.3) is 0 Å². The van der Waals surface area contributed by atoms with E-state index in [9.17, 15) is 13.9 Å². The number of hydrogen-bond acceptors (Lipinski definition) is 5. The van der Waals surface area contributed by atoms with Crippen LogP contribution in [0.25, 0.3) is 0 Å². The van der Waals surface area contributed by atoms with Crippen LogP contribution in [0.4, 0.5) is 17.6 Å². The summed E-state index contributed by atoms with van der Waals surface area (Å²) in [5.41, 5.74) is -5.56. The number of aromatic nitrogens is 3. The van der Waals surface area contributed by atoms with Crippen molar-refractivity contribution >= 4 is 11.6 Å². The normalized spacial score (nSPS) is 13.4. The van der Waals surface area contributed by atoms with Crippen LogP contribution < -0.4 is 4.74 Å². The predicted molar refractivity (Wildman–Crippen MR) is 111 cm³/mol. The van der Waals surface area contributed by atoms with Gasteiger partial charge >= 0.3 is 5.92 Å². The zero-order valence-electron chi connectivity index (χ0n) is 16.6. The van der Waals surface area contributed by atoms with Gasteiger partial charge < -0.3 is 9.84 Å². The molecule has 2 heterocycles. The molecule has 0 bridgehead atoms. The summed E-state index contributed by atoms with van der Waals surface area (Å²) in [6, 6.07) is 10.4. The zero-order chi connectivity index (χ0) is 23.6. The van der Waals surface area contributed by atoms with E-state index in [0.29, 0.717) is 16.8 Å². The van der Waals surface area contributed by atoms with Gasteiger partial charge in [-0.2, -0.15) is 8.78 Å². The van der Waals surface area contributed by atoms with Crippen LogP contribution in [0.15, 0.2) is 79.5 Å². The lowest BCUT2D eigenvalue weighted by Gasteiger charge is -2.36. The van der Waals surface area contributed by atoms with E-state index >= 15 is 8.78 Å². The fraction of sp³-hybridized carbons (Fsp3) is 0.0870. The van der Waals surface area contributed by atoms with E-state index in [1.807, 2.05) is 0 Å². The molecular weight excluding hydrogens is 462 g/mol. The Hall–Kier alpha value is -3.56. The van der Waals surface area contributed by atoms with Crippen molar-refractivity contribution in [1.29, 1.82) is 0 Å². The van der Waals surface area contributed by atoms with Gasteiger partial charge in [0, 0.05) is 34.6 Å². The first-order valence-electron chi connectivity index (χ1n) is 9.43. The van der Waals surface area contributed by atoms with Crippen LogP contribution in [-0.4, -0.2) is 20.1 Å². The molecule has 4 aromatic rings. The van der Waals surface area contributed by atoms with Crippen LogP contribution >= 0.6 is 11.6 Å². The van der Waals surface area contributed by atoms with Crippen molar-refractivity contribution in [2.24, 2.45) is 0 Å². The lowest BCUT2D eigenvalue weighted by Crippen LogP contribution is -2.45. The molecule has 0 saturated carbocycles. The second kappa shape index (κ2) is 8.76. The monoisotopic (exact) mass is 475 g/mol. The average Bonchev–Trinajstić information content (AvgIpc) is 2.81. The molecule has 0 aliphatic carbocycles. The number of ether oxygens (including phenoxy) is 1. The van der Waals surface area contributed by atoms with E-state index in [1.165, 1.54) is 6.07 Å². The van der Waals surface area contributed by atoms with E-state index in [1.54, 1.807) is 24.3 Å². The van der Waals surface area contributed by atoms with Gasteiger partial charge in [-0.3, -0.25) is 4.98 Å². The minimum Gasteiger partial charge on any atom is -0.456 e. The molecule has 0 spiro atoms. The number of nitrogens with zero attached hydrogens (tertiary/aromatic N) is 3. The summed E-state index contributed by atoms with van der Waals surface area (Å²) in [5, 5.41) is 11.8. The van der Waals surface area contributed by atoms with Crippen molar-refractivity contribution in [2.45, 2.75) is 11.5 Å². The second-order valence-corrected chi connectivity index (χ2v) is 7.41. The Balaban J connectivity index is 1.76. The van der Waals surface area contributed by atoms with Gasteiger partial charge in [-0.15, -0.1) is 0 Å². The third-order valence-electron chi connectivity index (χ3n) is 4.86. The Kier molecular flexibility index (Phi) is 6.01. The Morgan fingerprint density at radius 3 is 2.12 bits per heavy atom. The average molecular weight is 476 g/mol. The van der Waals surface area contributed by atoms with E-state index in [4.69, 9.17) is 16.3 Å². The second-order valence-electron chi connectivity index (χ2n) is 6.97. The van der Waals surface area contributed by atoms with Crippen LogP contribution in [0, 0.1) is 11.6 Å². The van der Waals surface area contributed by atoms with E-state index in [0.717, 1.165) is 43.1 Å². The number of alkyl halides is 2. The Morgan fingerprint density at radius 2 is 1.52 bits per heavy atom. The number of aliphatic hydroxyl groups is 1. The van der Waals surface area contributed by atoms with Crippen molar-refractivity contribution in [3.8, 4) is 11.5 Å². The Bertz CT molecular complexity index is 1260. The molecule has 4 rings (SSSR count). The summed E-state index contributed by atoms with van der Waals surface area (Å²) < 4.78 is 65.1. The van der Waals surface area contributed by atoms with Crippen molar-refractivity contribution in [1.82, 2.24) is 15.0 Å². The first-order chi connectivity index (χ1) is 15.7. The molecule has 0 aliphatic heterocycles. The summed E-state index contributed by atoms with van der Waals surface area (Å²) in [7, 11) is 0. The molecule has 1 unspecified atom stereocenters. The number of hydrogen-bond donors (Lipinski definition) is 1. The van der Waals surface area contributed by atoms with Crippen molar-refractivity contribution in [3.63, 3.8) is 0 Å². The topological polar surface area (TPSA) is 68.1 Å². The Morgan fingerprint density at radius 1 is 0.848 bits per heavy atom. The molecule has 0 saturated heterocycles. The minimum atomic E-state index is -4.19. The highest BCUT2D eigenvalue weighted by molar-refractivity contribution is 6.30. The fourth-order valence-electron chi connectivity index (χ4n) is 3.23. The maximum Gasteiger partial charge on any atom is 0.326 e. The summed E-state index contributed by atoms with van der Waals surface area (Å²) in [5.74, 6) is -6.02. The molecule has 2 aromatic carbocycles. The van der Waals surface area contributed by atoms with Gasteiger partial charge in [-0.1, -0.05) is 11.6 Å². The quantitative estimate of drug-likeness (QED) is 0.366. The molecule has 2 aromatic heterocycles. The maximum atomic E-state index is 15.8. The molecule has 10 heteroatoms. The van der Waals surface area contributed by atoms with Crippen LogP contribution in [0.1, 0.15) is 16.8 Å². The SMILES string of the molecule is OC(c1cncnc1)(c1ccc(F)cc1F)C(F)(F)c1ccc(Oc2ccc(Cl)cc2)cn1. The smallest absolute Gasteiger partial charge is 0.326 e. The molecule has 1 atom stereocenters. The van der Waals surface area contributed by atoms with Crippen molar-refractivity contribution in [3.05, 3.63) is 113 Å². The van der Waals surface area contributed by atoms with Crippen molar-refractivity contribution < 1.29 is 27.4 Å². The van der Waals surface area contributed by atoms with Gasteiger partial charge in [0.1, 0.15) is 35.2 Å². The van der Waals surface area contributed by atoms with E-state index in [2.05, 4.69) is 15.0 Å². The van der Waals surface area contributed by atoms with Gasteiger partial charge in [0.05, 0.1) is 6.20 Å². The van der Waals surface area contributed by atoms with Crippen LogP contribution in [0.2, 0.25) is 5.02 Å². The highest BCUT2D eigenvalue weighted by Crippen LogP contribution is 2.49. The summed E-state index contributed by atoms with van der Waals surface area (Å²) in [6.45, 7) is 0. The molecule has 0 radical (unpaired) electrons. The van der Waals surface area contributed by atoms with Crippen LogP contribution in [0.5, 0.6) is 11.5 Å². The largest absolute Gasteiger partial charge is 0.456 e. The van der Waals surface area contributed by atoms with Gasteiger partial charge in [-0.05, 0) is 48.5 Å². The molecule has 5 nitrogen and oxygen atoms in total. The third kappa shape index (κ3) is 4.24. The summed E-state index contributed by atoms with van der Waals surface area (Å²) >= 11 is 5.82. The van der Waals surface area contributed by atoms with Gasteiger partial charge in [0.2, 0.25) is 0 Å². The molecular formula is C23H14ClF4N3O2. The number of halogens is 5. The minimum absolute atomic E-state index is 0.136. The highest BCUT2D eigenvalue weighted by Gasteiger charge is 2.59. The highest BCUT2D eigenvalue weighted by atomic mass is 35.5. The molecule has 0 aliphatic rings. The zero-order valence-corrected chi connectivity index (χ0v) is 17.3. The van der Waals surface area contributed by atoms with Crippen molar-refractivity contribution in [2.75, 3.05) is 0 Å². The first-order valence-corrected chi connectivity index (χ1v) is 9.81. The summed E-state index contributed by atoms with van der Waals surface area (Å²) in [4.78, 5) is 11.0. The number of pyridine rings is 1. The molecule has 33 heavy (non-hydrogen) atoms. The lowest BCUT2D eigenvalue weighted by atomic mass is 9.80. The van der Waals surface area contributed by atoms with E-state index < -0.39 is 40.0 Å². The van der Waals surface area contributed by atoms with Crippen LogP contribution in [0.3, 0.4) is 0 Å². The predicted octanol–water partition coefficient (Wildman–Crippen LogP) is 5.62. The summed E-state index contributed by atoms with van der Waals surface area (Å²) in [6.07, 6.45) is 3.93. The van der Waals surface area contributed by atoms with Gasteiger partial charge in [-0.25, -0.2) is 18.7 Å². The molecule has 0 amide bonds. The fourth-order valence-corrected chi connectivity index (χ4v) is 3.35. The lowest BCUT2D eigenvalue weighted by molar-refractivity contribution is -0.175. The molecule has 0 fully saturated rings. The van der Waals surface area contributed by atoms with E-state index in [-0.39, 0.29) is 5.75 Å². The molecule has 1 N–H and O–H groups in total. The van der Waals surface area contributed by atoms with Gasteiger partial charge in [0.15, 0.2) is 5.60 Å². The number of benzene rings is 2. The maximum absolute atomic E-state index is 15.8. The number of rotatable bonds is 6. The Labute approximate surface area is 190 Å². The molecule has 168 valence electrons. The van der Waals surface area contributed by atoms with Crippen LogP contribution in [-0.2, 0) is 11.5 Å². The standard InChI is InChI=1S/C23H14ClF4N3O2/c24-15-1-4-17(5-2-15)33-18-6-8-21(31-12-18)23(27,28)22(32,14-10-29-13-30-11-14)19-7-3-16(25)9-20(19)26/h1-13,32H. The first kappa shape index (κ1) is 22.6.